The number of halogens is 1. The van der Waals surface area contributed by atoms with Gasteiger partial charge < -0.3 is 14.7 Å². The first-order valence-corrected chi connectivity index (χ1v) is 8.64. The zero-order chi connectivity index (χ0) is 18.1. The van der Waals surface area contributed by atoms with Crippen molar-refractivity contribution in [2.75, 3.05) is 25.6 Å². The van der Waals surface area contributed by atoms with E-state index in [1.54, 1.807) is 19.1 Å². The van der Waals surface area contributed by atoms with Crippen LogP contribution in [-0.2, 0) is 4.79 Å². The molecule has 0 fully saturated rings. The molecular weight excluding hydrogens is 362 g/mol. The van der Waals surface area contributed by atoms with Crippen LogP contribution in [0.15, 0.2) is 24.3 Å². The van der Waals surface area contributed by atoms with Crippen LogP contribution in [-0.4, -0.2) is 41.7 Å². The summed E-state index contributed by atoms with van der Waals surface area (Å²) >= 11 is 7.55. The van der Waals surface area contributed by atoms with Gasteiger partial charge in [-0.25, -0.2) is 4.98 Å². The third-order valence-electron chi connectivity index (χ3n) is 3.79. The van der Waals surface area contributed by atoms with Crippen LogP contribution in [0.25, 0.3) is 21.3 Å². The largest absolute Gasteiger partial charge is 0.497 e. The molecule has 6 nitrogen and oxygen atoms in total. The lowest BCUT2D eigenvalue weighted by atomic mass is 10.0. The van der Waals surface area contributed by atoms with Gasteiger partial charge in [0.05, 0.1) is 12.5 Å². The minimum absolute atomic E-state index is 0.0993. The highest BCUT2D eigenvalue weighted by Crippen LogP contribution is 2.42. The number of carboxylic acids is 1. The third-order valence-corrected chi connectivity index (χ3v) is 4.96. The first kappa shape index (κ1) is 17.4. The van der Waals surface area contributed by atoms with Crippen LogP contribution < -0.4 is 9.64 Å². The molecule has 0 amide bonds. The number of fused-ring (bicyclic) bond motifs is 1. The van der Waals surface area contributed by atoms with Crippen molar-refractivity contribution in [2.24, 2.45) is 0 Å². The Balaban J connectivity index is 2.24. The van der Waals surface area contributed by atoms with Gasteiger partial charge in [-0.15, -0.1) is 11.3 Å². The number of likely N-dealkylation sites (N-methyl/N-ethyl adjacent to an activating group) is 1. The molecule has 0 radical (unpaired) electrons. The molecule has 0 saturated heterocycles. The Morgan fingerprint density at radius 3 is 2.60 bits per heavy atom. The molecule has 3 rings (SSSR count). The number of ether oxygens (including phenoxy) is 1. The highest BCUT2D eigenvalue weighted by Gasteiger charge is 2.21. The van der Waals surface area contributed by atoms with E-state index in [1.165, 1.54) is 11.3 Å². The van der Waals surface area contributed by atoms with Gasteiger partial charge in [-0.3, -0.25) is 4.79 Å². The van der Waals surface area contributed by atoms with Crippen LogP contribution in [0.5, 0.6) is 5.75 Å². The molecule has 3 aromatic rings. The first-order chi connectivity index (χ1) is 11.9. The number of anilines is 1. The molecule has 0 saturated carbocycles. The minimum Gasteiger partial charge on any atom is -0.497 e. The van der Waals surface area contributed by atoms with Gasteiger partial charge in [-0.05, 0) is 36.2 Å². The van der Waals surface area contributed by atoms with E-state index in [0.29, 0.717) is 5.82 Å². The number of carboxylic acid groups (broad SMARTS) is 1. The van der Waals surface area contributed by atoms with Crippen molar-refractivity contribution in [3.05, 3.63) is 34.4 Å². The van der Waals surface area contributed by atoms with Gasteiger partial charge in [0, 0.05) is 17.5 Å². The molecule has 0 unspecified atom stereocenters. The van der Waals surface area contributed by atoms with Gasteiger partial charge >= 0.3 is 5.97 Å². The van der Waals surface area contributed by atoms with Gasteiger partial charge in [-0.2, -0.15) is 4.98 Å². The molecule has 0 bridgehead atoms. The Labute approximate surface area is 153 Å². The highest BCUT2D eigenvalue weighted by atomic mass is 35.5. The van der Waals surface area contributed by atoms with E-state index in [-0.39, 0.29) is 11.8 Å². The van der Waals surface area contributed by atoms with Crippen LogP contribution in [0.1, 0.15) is 4.88 Å². The lowest BCUT2D eigenvalue weighted by Gasteiger charge is -2.17. The Kier molecular flexibility index (Phi) is 4.78. The third kappa shape index (κ3) is 3.38. The van der Waals surface area contributed by atoms with Crippen LogP contribution in [0.3, 0.4) is 0 Å². The topological polar surface area (TPSA) is 75.6 Å². The smallest absolute Gasteiger partial charge is 0.323 e. The number of nitrogens with zero attached hydrogens (tertiary/aromatic N) is 3. The number of thiophene rings is 1. The standard InChI is InChI=1S/C17H16ClN3O3S/c1-9-13(10-4-6-11(24-3)7-5-10)14-15(21(2)8-12(22)23)19-17(18)20-16(14)25-9/h4-7H,8H2,1-3H3,(H,22,23). The zero-order valence-electron chi connectivity index (χ0n) is 13.9. The molecule has 1 N–H and O–H groups in total. The maximum atomic E-state index is 11.1. The van der Waals surface area contributed by atoms with E-state index in [9.17, 15) is 4.79 Å². The van der Waals surface area contributed by atoms with Crippen LogP contribution in [0.2, 0.25) is 5.28 Å². The van der Waals surface area contributed by atoms with Crippen molar-refractivity contribution in [1.82, 2.24) is 9.97 Å². The maximum absolute atomic E-state index is 11.1. The Morgan fingerprint density at radius 1 is 1.32 bits per heavy atom. The monoisotopic (exact) mass is 377 g/mol. The van der Waals surface area contributed by atoms with Gasteiger partial charge in [0.15, 0.2) is 0 Å². The van der Waals surface area contributed by atoms with Crippen molar-refractivity contribution in [2.45, 2.75) is 6.92 Å². The number of hydrogen-bond donors (Lipinski definition) is 1. The summed E-state index contributed by atoms with van der Waals surface area (Å²) in [5, 5.41) is 10.0. The predicted octanol–water partition coefficient (Wildman–Crippen LogP) is 3.85. The molecule has 2 aromatic heterocycles. The molecule has 0 spiro atoms. The number of benzene rings is 1. The average molecular weight is 378 g/mol. The summed E-state index contributed by atoms with van der Waals surface area (Å²) in [6, 6.07) is 7.69. The van der Waals surface area contributed by atoms with Crippen molar-refractivity contribution in [1.29, 1.82) is 0 Å². The van der Waals surface area contributed by atoms with E-state index in [4.69, 9.17) is 21.4 Å². The fourth-order valence-corrected chi connectivity index (χ4v) is 3.98. The summed E-state index contributed by atoms with van der Waals surface area (Å²) in [4.78, 5) is 23.1. The van der Waals surface area contributed by atoms with E-state index in [1.807, 2.05) is 31.2 Å². The number of methoxy groups -OCH3 is 1. The van der Waals surface area contributed by atoms with Crippen molar-refractivity contribution >= 4 is 44.9 Å². The second-order valence-electron chi connectivity index (χ2n) is 5.51. The predicted molar refractivity (Wildman–Crippen MR) is 100 cm³/mol. The normalized spacial score (nSPS) is 10.9. The van der Waals surface area contributed by atoms with Gasteiger partial charge in [0.25, 0.3) is 0 Å². The summed E-state index contributed by atoms with van der Waals surface area (Å²) in [5.74, 6) is 0.333. The Hall–Kier alpha value is -2.38. The summed E-state index contributed by atoms with van der Waals surface area (Å²) in [6.07, 6.45) is 0. The van der Waals surface area contributed by atoms with Gasteiger partial charge in [0.1, 0.15) is 22.9 Å². The molecule has 0 aliphatic carbocycles. The van der Waals surface area contributed by atoms with E-state index in [0.717, 1.165) is 32.0 Å². The van der Waals surface area contributed by atoms with Gasteiger partial charge in [0.2, 0.25) is 5.28 Å². The summed E-state index contributed by atoms with van der Waals surface area (Å²) in [6.45, 7) is 1.82. The SMILES string of the molecule is COc1ccc(-c2c(C)sc3nc(Cl)nc(N(C)CC(=O)O)c23)cc1. The molecule has 25 heavy (non-hydrogen) atoms. The molecule has 1 aromatic carbocycles. The fraction of sp³-hybridized carbons (Fsp3) is 0.235. The number of carbonyl (C=O) groups is 1. The quantitative estimate of drug-likeness (QED) is 0.680. The molecule has 130 valence electrons. The molecule has 2 heterocycles. The van der Waals surface area contributed by atoms with Crippen LogP contribution in [0.4, 0.5) is 5.82 Å². The van der Waals surface area contributed by atoms with E-state index in [2.05, 4.69) is 9.97 Å². The lowest BCUT2D eigenvalue weighted by Crippen LogP contribution is -2.26. The Bertz CT molecular complexity index is 940. The fourth-order valence-electron chi connectivity index (χ4n) is 2.73. The summed E-state index contributed by atoms with van der Waals surface area (Å²) in [7, 11) is 3.30. The summed E-state index contributed by atoms with van der Waals surface area (Å²) in [5.41, 5.74) is 1.96. The zero-order valence-corrected chi connectivity index (χ0v) is 15.5. The van der Waals surface area contributed by atoms with E-state index >= 15 is 0 Å². The van der Waals surface area contributed by atoms with E-state index < -0.39 is 5.97 Å². The second-order valence-corrected chi connectivity index (χ2v) is 7.05. The first-order valence-electron chi connectivity index (χ1n) is 7.44. The lowest BCUT2D eigenvalue weighted by molar-refractivity contribution is -0.135. The molecular formula is C17H16ClN3O3S. The number of hydrogen-bond acceptors (Lipinski definition) is 6. The average Bonchev–Trinajstić information content (AvgIpc) is 2.89. The Morgan fingerprint density at radius 2 is 2.00 bits per heavy atom. The molecule has 8 heteroatoms. The number of aromatic nitrogens is 2. The van der Waals surface area contributed by atoms with Crippen molar-refractivity contribution < 1.29 is 14.6 Å². The molecule has 0 aliphatic rings. The molecule has 0 atom stereocenters. The number of aliphatic carboxylic acids is 1. The highest BCUT2D eigenvalue weighted by molar-refractivity contribution is 7.19. The van der Waals surface area contributed by atoms with Gasteiger partial charge in [-0.1, -0.05) is 12.1 Å². The number of rotatable bonds is 5. The van der Waals surface area contributed by atoms with Crippen molar-refractivity contribution in [3.63, 3.8) is 0 Å². The summed E-state index contributed by atoms with van der Waals surface area (Å²) < 4.78 is 5.21. The minimum atomic E-state index is -0.941. The van der Waals surface area contributed by atoms with Crippen LogP contribution >= 0.6 is 22.9 Å². The number of aryl methyl sites for hydroxylation is 1. The maximum Gasteiger partial charge on any atom is 0.323 e. The second kappa shape index (κ2) is 6.85. The molecule has 0 aliphatic heterocycles. The van der Waals surface area contributed by atoms with Crippen molar-refractivity contribution in [3.8, 4) is 16.9 Å². The van der Waals surface area contributed by atoms with Crippen LogP contribution in [0, 0.1) is 6.92 Å².